The van der Waals surface area contributed by atoms with Gasteiger partial charge in [-0.1, -0.05) is 12.1 Å². The molecule has 4 heteroatoms. The van der Waals surface area contributed by atoms with Crippen LogP contribution in [0.15, 0.2) is 10.6 Å². The molecule has 0 atom stereocenters. The van der Waals surface area contributed by atoms with Crippen molar-refractivity contribution in [2.24, 2.45) is 0 Å². The van der Waals surface area contributed by atoms with Gasteiger partial charge in [-0.25, -0.2) is 0 Å². The van der Waals surface area contributed by atoms with Crippen LogP contribution in [0, 0.1) is 0 Å². The van der Waals surface area contributed by atoms with Gasteiger partial charge in [0.15, 0.2) is 5.76 Å². The molecule has 0 amide bonds. The molecule has 0 aliphatic rings. The summed E-state index contributed by atoms with van der Waals surface area (Å²) in [7, 11) is 1.64. The normalized spacial score (nSPS) is 10.6. The Bertz CT molecular complexity index is 235. The first kappa shape index (κ1) is 10.2. The third kappa shape index (κ3) is 3.57. The molecule has 4 nitrogen and oxygen atoms in total. The first-order valence-corrected chi connectivity index (χ1v) is 4.51. The maximum Gasteiger partial charge on any atom is 0.162 e. The molecule has 0 aromatic carbocycles. The second-order valence-corrected chi connectivity index (χ2v) is 2.89. The van der Waals surface area contributed by atoms with Crippen molar-refractivity contribution in [3.05, 3.63) is 17.5 Å². The van der Waals surface area contributed by atoms with Crippen molar-refractivity contribution in [3.8, 4) is 0 Å². The van der Waals surface area contributed by atoms with E-state index in [1.165, 1.54) is 0 Å². The van der Waals surface area contributed by atoms with E-state index in [9.17, 15) is 0 Å². The fourth-order valence-corrected chi connectivity index (χ4v) is 1.04. The van der Waals surface area contributed by atoms with Crippen LogP contribution in [0.25, 0.3) is 0 Å². The van der Waals surface area contributed by atoms with Crippen LogP contribution in [-0.4, -0.2) is 18.8 Å². The topological polar surface area (TPSA) is 47.3 Å². The van der Waals surface area contributed by atoms with Crippen molar-refractivity contribution >= 4 is 0 Å². The molecule has 0 fully saturated rings. The molecular weight excluding hydrogens is 168 g/mol. The molecule has 13 heavy (non-hydrogen) atoms. The lowest BCUT2D eigenvalue weighted by molar-refractivity contribution is 0.155. The molecule has 1 N–H and O–H groups in total. The monoisotopic (exact) mass is 184 g/mol. The summed E-state index contributed by atoms with van der Waals surface area (Å²) in [5.41, 5.74) is 0.931. The SMILES string of the molecule is CCCNCc1cc(COC)on1. The van der Waals surface area contributed by atoms with E-state index < -0.39 is 0 Å². The largest absolute Gasteiger partial charge is 0.377 e. The summed E-state index contributed by atoms with van der Waals surface area (Å²) in [4.78, 5) is 0. The summed E-state index contributed by atoms with van der Waals surface area (Å²) in [5.74, 6) is 0.774. The average molecular weight is 184 g/mol. The molecule has 1 heterocycles. The summed E-state index contributed by atoms with van der Waals surface area (Å²) in [6.45, 7) is 4.39. The van der Waals surface area contributed by atoms with E-state index in [1.807, 2.05) is 6.07 Å². The summed E-state index contributed by atoms with van der Waals surface area (Å²) in [6, 6.07) is 1.91. The Morgan fingerprint density at radius 3 is 3.15 bits per heavy atom. The highest BCUT2D eigenvalue weighted by Crippen LogP contribution is 2.03. The minimum atomic E-state index is 0.487. The van der Waals surface area contributed by atoms with Crippen LogP contribution < -0.4 is 5.32 Å². The molecule has 0 aliphatic carbocycles. The summed E-state index contributed by atoms with van der Waals surface area (Å²) in [5, 5.41) is 7.13. The molecule has 1 aromatic heterocycles. The van der Waals surface area contributed by atoms with Crippen molar-refractivity contribution < 1.29 is 9.26 Å². The maximum absolute atomic E-state index is 5.02. The Kier molecular flexibility index (Phi) is 4.49. The van der Waals surface area contributed by atoms with Gasteiger partial charge < -0.3 is 14.6 Å². The van der Waals surface area contributed by atoms with Crippen molar-refractivity contribution in [1.82, 2.24) is 10.5 Å². The van der Waals surface area contributed by atoms with Crippen LogP contribution in [0.4, 0.5) is 0 Å². The molecule has 0 bridgehead atoms. The van der Waals surface area contributed by atoms with Crippen LogP contribution >= 0.6 is 0 Å². The number of hydrogen-bond donors (Lipinski definition) is 1. The minimum Gasteiger partial charge on any atom is -0.377 e. The highest BCUT2D eigenvalue weighted by atomic mass is 16.5. The fourth-order valence-electron chi connectivity index (χ4n) is 1.04. The standard InChI is InChI=1S/C9H16N2O2/c1-3-4-10-6-8-5-9(7-12-2)13-11-8/h5,10H,3-4,6-7H2,1-2H3. The van der Waals surface area contributed by atoms with Gasteiger partial charge >= 0.3 is 0 Å². The number of ether oxygens (including phenoxy) is 1. The number of nitrogens with one attached hydrogen (secondary N) is 1. The number of rotatable bonds is 6. The maximum atomic E-state index is 5.02. The second kappa shape index (κ2) is 5.72. The Morgan fingerprint density at radius 2 is 2.46 bits per heavy atom. The number of hydrogen-bond acceptors (Lipinski definition) is 4. The van der Waals surface area contributed by atoms with Crippen LogP contribution in [0.5, 0.6) is 0 Å². The third-order valence-electron chi connectivity index (χ3n) is 1.63. The first-order valence-electron chi connectivity index (χ1n) is 4.51. The zero-order valence-electron chi connectivity index (χ0n) is 8.17. The van der Waals surface area contributed by atoms with Gasteiger partial charge in [0.25, 0.3) is 0 Å². The van der Waals surface area contributed by atoms with Crippen LogP contribution in [-0.2, 0) is 17.9 Å². The molecule has 0 spiro atoms. The molecule has 0 unspecified atom stereocenters. The lowest BCUT2D eigenvalue weighted by atomic mass is 10.3. The Morgan fingerprint density at radius 1 is 1.62 bits per heavy atom. The van der Waals surface area contributed by atoms with Gasteiger partial charge in [-0.05, 0) is 13.0 Å². The molecule has 0 saturated carbocycles. The van der Waals surface area contributed by atoms with Gasteiger partial charge in [-0.3, -0.25) is 0 Å². The number of nitrogens with zero attached hydrogens (tertiary/aromatic N) is 1. The third-order valence-corrected chi connectivity index (χ3v) is 1.63. The van der Waals surface area contributed by atoms with Crippen molar-refractivity contribution in [1.29, 1.82) is 0 Å². The quantitative estimate of drug-likeness (QED) is 0.677. The second-order valence-electron chi connectivity index (χ2n) is 2.89. The van der Waals surface area contributed by atoms with Crippen molar-refractivity contribution in [3.63, 3.8) is 0 Å². The van der Waals surface area contributed by atoms with Gasteiger partial charge in [0.1, 0.15) is 6.61 Å². The Balaban J connectivity index is 2.31. The van der Waals surface area contributed by atoms with Gasteiger partial charge in [-0.15, -0.1) is 0 Å². The first-order chi connectivity index (χ1) is 6.36. The zero-order valence-corrected chi connectivity index (χ0v) is 8.17. The molecule has 0 saturated heterocycles. The summed E-state index contributed by atoms with van der Waals surface area (Å²) < 4.78 is 9.93. The fraction of sp³-hybridized carbons (Fsp3) is 0.667. The molecule has 1 rings (SSSR count). The lowest BCUT2D eigenvalue weighted by Crippen LogP contribution is -2.13. The molecule has 1 aromatic rings. The van der Waals surface area contributed by atoms with Crippen molar-refractivity contribution in [2.75, 3.05) is 13.7 Å². The highest BCUT2D eigenvalue weighted by molar-refractivity contribution is 5.03. The summed E-state index contributed by atoms with van der Waals surface area (Å²) >= 11 is 0. The lowest BCUT2D eigenvalue weighted by Gasteiger charge is -1.96. The van der Waals surface area contributed by atoms with Crippen LogP contribution in [0.1, 0.15) is 24.8 Å². The van der Waals surface area contributed by atoms with Crippen LogP contribution in [0.2, 0.25) is 0 Å². The molecule has 0 aliphatic heterocycles. The average Bonchev–Trinajstić information content (AvgIpc) is 2.54. The van der Waals surface area contributed by atoms with E-state index in [1.54, 1.807) is 7.11 Å². The Hall–Kier alpha value is -0.870. The van der Waals surface area contributed by atoms with Gasteiger partial charge in [0.05, 0.1) is 5.69 Å². The molecule has 0 radical (unpaired) electrons. The van der Waals surface area contributed by atoms with Crippen molar-refractivity contribution in [2.45, 2.75) is 26.5 Å². The smallest absolute Gasteiger partial charge is 0.162 e. The number of aromatic nitrogens is 1. The van der Waals surface area contributed by atoms with Gasteiger partial charge in [0, 0.05) is 19.7 Å². The van der Waals surface area contributed by atoms with Gasteiger partial charge in [0.2, 0.25) is 0 Å². The van der Waals surface area contributed by atoms with E-state index in [0.29, 0.717) is 6.61 Å². The minimum absolute atomic E-state index is 0.487. The van der Waals surface area contributed by atoms with E-state index in [-0.39, 0.29) is 0 Å². The molecule has 74 valence electrons. The predicted octanol–water partition coefficient (Wildman–Crippen LogP) is 1.32. The van der Waals surface area contributed by atoms with Gasteiger partial charge in [-0.2, -0.15) is 0 Å². The van der Waals surface area contributed by atoms with E-state index >= 15 is 0 Å². The van der Waals surface area contributed by atoms with Crippen LogP contribution in [0.3, 0.4) is 0 Å². The number of methoxy groups -OCH3 is 1. The zero-order chi connectivity index (χ0) is 9.52. The highest BCUT2D eigenvalue weighted by Gasteiger charge is 2.02. The summed E-state index contributed by atoms with van der Waals surface area (Å²) in [6.07, 6.45) is 1.13. The predicted molar refractivity (Wildman–Crippen MR) is 49.2 cm³/mol. The van der Waals surface area contributed by atoms with E-state index in [4.69, 9.17) is 9.26 Å². The van der Waals surface area contributed by atoms with E-state index in [0.717, 1.165) is 31.0 Å². The molecular formula is C9H16N2O2. The van der Waals surface area contributed by atoms with E-state index in [2.05, 4.69) is 17.4 Å². The Labute approximate surface area is 78.2 Å².